The Hall–Kier alpha value is -1.64. The quantitative estimate of drug-likeness (QED) is 0.545. The van der Waals surface area contributed by atoms with Crippen LogP contribution in [0.15, 0.2) is 35.3 Å². The van der Waals surface area contributed by atoms with Crippen molar-refractivity contribution in [1.82, 2.24) is 0 Å². The Morgan fingerprint density at radius 1 is 1.40 bits per heavy atom. The molecule has 0 fully saturated rings. The van der Waals surface area contributed by atoms with E-state index in [1.807, 2.05) is 30.3 Å². The van der Waals surface area contributed by atoms with Gasteiger partial charge in [0, 0.05) is 12.8 Å². The summed E-state index contributed by atoms with van der Waals surface area (Å²) in [4.78, 5) is 15.1. The number of benzene rings is 1. The number of rotatable bonds is 5. The van der Waals surface area contributed by atoms with Crippen LogP contribution in [-0.4, -0.2) is 25.3 Å². The van der Waals surface area contributed by atoms with Gasteiger partial charge in [-0.1, -0.05) is 30.3 Å². The highest BCUT2D eigenvalue weighted by Crippen LogP contribution is 1.94. The number of ether oxygens (including phenoxy) is 1. The van der Waals surface area contributed by atoms with Crippen molar-refractivity contribution in [2.45, 2.75) is 13.3 Å². The number of aliphatic imine (C=N–C) groups is 1. The SMILES string of the molecule is CCOC(=O)CCN=Cc1ccccc1. The molecule has 0 bridgehead atoms. The van der Waals surface area contributed by atoms with E-state index in [9.17, 15) is 4.79 Å². The van der Waals surface area contributed by atoms with Crippen LogP contribution < -0.4 is 0 Å². The fraction of sp³-hybridized carbons (Fsp3) is 0.333. The molecule has 1 aromatic rings. The summed E-state index contributed by atoms with van der Waals surface area (Å²) in [5.74, 6) is -0.192. The maximum atomic E-state index is 11.0. The molecule has 0 amide bonds. The lowest BCUT2D eigenvalue weighted by Gasteiger charge is -1.97. The lowest BCUT2D eigenvalue weighted by molar-refractivity contribution is -0.142. The molecule has 0 radical (unpaired) electrons. The second-order valence-electron chi connectivity index (χ2n) is 3.00. The van der Waals surface area contributed by atoms with Gasteiger partial charge >= 0.3 is 5.97 Å². The number of esters is 1. The van der Waals surface area contributed by atoms with E-state index in [0.717, 1.165) is 5.56 Å². The molecular formula is C12H15NO2. The molecule has 0 aliphatic rings. The third-order valence-electron chi connectivity index (χ3n) is 1.79. The monoisotopic (exact) mass is 205 g/mol. The number of carbonyl (C=O) groups is 1. The Kier molecular flexibility index (Phi) is 5.15. The Bertz CT molecular complexity index is 320. The maximum absolute atomic E-state index is 11.0. The maximum Gasteiger partial charge on any atom is 0.307 e. The summed E-state index contributed by atoms with van der Waals surface area (Å²) < 4.78 is 4.78. The first-order valence-electron chi connectivity index (χ1n) is 5.03. The van der Waals surface area contributed by atoms with Crippen LogP contribution in [0.1, 0.15) is 18.9 Å². The Morgan fingerprint density at radius 2 is 2.13 bits per heavy atom. The molecule has 80 valence electrons. The Balaban J connectivity index is 2.26. The molecule has 0 saturated heterocycles. The highest BCUT2D eigenvalue weighted by Gasteiger charge is 1.98. The van der Waals surface area contributed by atoms with Gasteiger partial charge in [0.05, 0.1) is 13.0 Å². The molecule has 0 saturated carbocycles. The van der Waals surface area contributed by atoms with Crippen LogP contribution in [0.2, 0.25) is 0 Å². The van der Waals surface area contributed by atoms with Gasteiger partial charge in [-0.25, -0.2) is 0 Å². The van der Waals surface area contributed by atoms with Crippen molar-refractivity contribution in [2.24, 2.45) is 4.99 Å². The lowest BCUT2D eigenvalue weighted by Crippen LogP contribution is -2.05. The topological polar surface area (TPSA) is 38.7 Å². The highest BCUT2D eigenvalue weighted by atomic mass is 16.5. The first kappa shape index (κ1) is 11.4. The smallest absolute Gasteiger partial charge is 0.307 e. The number of carbonyl (C=O) groups excluding carboxylic acids is 1. The van der Waals surface area contributed by atoms with Gasteiger partial charge in [-0.2, -0.15) is 0 Å². The van der Waals surface area contributed by atoms with Crippen LogP contribution in [0.4, 0.5) is 0 Å². The third-order valence-corrected chi connectivity index (χ3v) is 1.79. The van der Waals surface area contributed by atoms with Crippen molar-refractivity contribution in [2.75, 3.05) is 13.2 Å². The van der Waals surface area contributed by atoms with Gasteiger partial charge in [0.15, 0.2) is 0 Å². The van der Waals surface area contributed by atoms with Crippen molar-refractivity contribution in [3.63, 3.8) is 0 Å². The minimum absolute atomic E-state index is 0.192. The van der Waals surface area contributed by atoms with Crippen LogP contribution >= 0.6 is 0 Å². The molecule has 0 unspecified atom stereocenters. The van der Waals surface area contributed by atoms with E-state index in [-0.39, 0.29) is 5.97 Å². The standard InChI is InChI=1S/C12H15NO2/c1-2-15-12(14)8-9-13-10-11-6-4-3-5-7-11/h3-7,10H,2,8-9H2,1H3. The van der Waals surface area contributed by atoms with Crippen LogP contribution in [0.5, 0.6) is 0 Å². The fourth-order valence-electron chi connectivity index (χ4n) is 1.10. The molecule has 1 rings (SSSR count). The Morgan fingerprint density at radius 3 is 2.80 bits per heavy atom. The van der Waals surface area contributed by atoms with E-state index in [2.05, 4.69) is 4.99 Å². The summed E-state index contributed by atoms with van der Waals surface area (Å²) >= 11 is 0. The second kappa shape index (κ2) is 6.76. The molecule has 0 N–H and O–H groups in total. The number of hydrogen-bond donors (Lipinski definition) is 0. The van der Waals surface area contributed by atoms with Crippen molar-refractivity contribution in [3.05, 3.63) is 35.9 Å². The average molecular weight is 205 g/mol. The molecule has 1 aromatic carbocycles. The minimum Gasteiger partial charge on any atom is -0.466 e. The third kappa shape index (κ3) is 4.96. The zero-order chi connectivity index (χ0) is 10.9. The van der Waals surface area contributed by atoms with E-state index in [0.29, 0.717) is 19.6 Å². The first-order valence-corrected chi connectivity index (χ1v) is 5.03. The molecule has 0 heterocycles. The van der Waals surface area contributed by atoms with Crippen molar-refractivity contribution >= 4 is 12.2 Å². The van der Waals surface area contributed by atoms with Crippen molar-refractivity contribution in [1.29, 1.82) is 0 Å². The lowest BCUT2D eigenvalue weighted by atomic mass is 10.2. The van der Waals surface area contributed by atoms with Gasteiger partial charge in [-0.15, -0.1) is 0 Å². The van der Waals surface area contributed by atoms with E-state index >= 15 is 0 Å². The van der Waals surface area contributed by atoms with Gasteiger partial charge in [0.2, 0.25) is 0 Å². The zero-order valence-corrected chi connectivity index (χ0v) is 8.85. The van der Waals surface area contributed by atoms with Crippen LogP contribution in [0.3, 0.4) is 0 Å². The van der Waals surface area contributed by atoms with E-state index in [1.54, 1.807) is 13.1 Å². The molecule has 3 heteroatoms. The molecule has 15 heavy (non-hydrogen) atoms. The summed E-state index contributed by atoms with van der Waals surface area (Å²) in [6.07, 6.45) is 2.11. The summed E-state index contributed by atoms with van der Waals surface area (Å²) in [5, 5.41) is 0. The van der Waals surface area contributed by atoms with Gasteiger partial charge in [0.1, 0.15) is 0 Å². The second-order valence-corrected chi connectivity index (χ2v) is 3.00. The van der Waals surface area contributed by atoms with Gasteiger partial charge in [0.25, 0.3) is 0 Å². The summed E-state index contributed by atoms with van der Waals surface area (Å²) in [7, 11) is 0. The highest BCUT2D eigenvalue weighted by molar-refractivity contribution is 5.79. The summed E-state index contributed by atoms with van der Waals surface area (Å²) in [6, 6.07) is 9.79. The van der Waals surface area contributed by atoms with Crippen molar-refractivity contribution in [3.8, 4) is 0 Å². The average Bonchev–Trinajstić information content (AvgIpc) is 2.26. The van der Waals surface area contributed by atoms with Crippen LogP contribution in [0.25, 0.3) is 0 Å². The Labute approximate surface area is 89.8 Å². The predicted molar refractivity (Wildman–Crippen MR) is 60.2 cm³/mol. The minimum atomic E-state index is -0.192. The van der Waals surface area contributed by atoms with Gasteiger partial charge in [-0.3, -0.25) is 9.79 Å². The number of hydrogen-bond acceptors (Lipinski definition) is 3. The molecular weight excluding hydrogens is 190 g/mol. The zero-order valence-electron chi connectivity index (χ0n) is 8.85. The predicted octanol–water partition coefficient (Wildman–Crippen LogP) is 2.06. The van der Waals surface area contributed by atoms with Gasteiger partial charge in [-0.05, 0) is 12.5 Å². The molecule has 0 aliphatic carbocycles. The van der Waals surface area contributed by atoms with E-state index in [1.165, 1.54) is 0 Å². The molecule has 0 atom stereocenters. The molecule has 0 aromatic heterocycles. The molecule has 0 aliphatic heterocycles. The fourth-order valence-corrected chi connectivity index (χ4v) is 1.10. The van der Waals surface area contributed by atoms with Crippen LogP contribution in [0, 0.1) is 0 Å². The normalized spacial score (nSPS) is 10.5. The molecule has 0 spiro atoms. The van der Waals surface area contributed by atoms with Crippen molar-refractivity contribution < 1.29 is 9.53 Å². The number of nitrogens with zero attached hydrogens (tertiary/aromatic N) is 1. The van der Waals surface area contributed by atoms with E-state index < -0.39 is 0 Å². The largest absolute Gasteiger partial charge is 0.466 e. The van der Waals surface area contributed by atoms with Gasteiger partial charge < -0.3 is 4.74 Å². The van der Waals surface area contributed by atoms with E-state index in [4.69, 9.17) is 4.74 Å². The molecule has 3 nitrogen and oxygen atoms in total. The first-order chi connectivity index (χ1) is 7.33. The van der Waals surface area contributed by atoms with Crippen LogP contribution in [-0.2, 0) is 9.53 Å². The summed E-state index contributed by atoms with van der Waals surface area (Å²) in [5.41, 5.74) is 1.04. The summed E-state index contributed by atoms with van der Waals surface area (Å²) in [6.45, 7) is 2.71.